The van der Waals surface area contributed by atoms with Crippen LogP contribution in [0.3, 0.4) is 0 Å². The molecule has 1 fully saturated rings. The van der Waals surface area contributed by atoms with Crippen LogP contribution in [0.2, 0.25) is 0 Å². The van der Waals surface area contributed by atoms with Gasteiger partial charge >= 0.3 is 0 Å². The summed E-state index contributed by atoms with van der Waals surface area (Å²) < 4.78 is 0. The number of thiocarbonyl (C=S) groups is 1. The lowest BCUT2D eigenvalue weighted by Crippen LogP contribution is -2.42. The number of aromatic nitrogens is 1. The van der Waals surface area contributed by atoms with E-state index in [4.69, 9.17) is 12.2 Å². The second-order valence-corrected chi connectivity index (χ2v) is 9.54. The molecule has 1 aromatic heterocycles. The maximum absolute atomic E-state index is 5.84. The molecule has 2 unspecified atom stereocenters. The molecular weight excluding hydrogens is 412 g/mol. The zero-order valence-electron chi connectivity index (χ0n) is 18.9. The van der Waals surface area contributed by atoms with Crippen LogP contribution in [0, 0.1) is 0 Å². The van der Waals surface area contributed by atoms with Gasteiger partial charge in [0, 0.05) is 30.2 Å². The van der Waals surface area contributed by atoms with Crippen molar-refractivity contribution in [2.45, 2.75) is 38.4 Å². The van der Waals surface area contributed by atoms with E-state index in [0.717, 1.165) is 16.5 Å². The Morgan fingerprint density at radius 2 is 1.75 bits per heavy atom. The summed E-state index contributed by atoms with van der Waals surface area (Å²) in [7, 11) is 2.17. The van der Waals surface area contributed by atoms with Crippen LogP contribution < -0.4 is 15.1 Å². The summed E-state index contributed by atoms with van der Waals surface area (Å²) in [6.07, 6.45) is 4.20. The summed E-state index contributed by atoms with van der Waals surface area (Å²) in [5.41, 5.74) is 7.11. The molecule has 4 nitrogen and oxygen atoms in total. The fraction of sp³-hybridized carbons (Fsp3) is 0.259. The first kappa shape index (κ1) is 20.7. The highest BCUT2D eigenvalue weighted by Gasteiger charge is 2.41. The highest BCUT2D eigenvalue weighted by molar-refractivity contribution is 7.80. The van der Waals surface area contributed by atoms with Gasteiger partial charge < -0.3 is 15.1 Å². The van der Waals surface area contributed by atoms with Gasteiger partial charge in [0.1, 0.15) is 0 Å². The number of nitrogens with zero attached hydrogens (tertiary/aromatic N) is 3. The number of pyridine rings is 1. The van der Waals surface area contributed by atoms with E-state index in [2.05, 4.69) is 103 Å². The van der Waals surface area contributed by atoms with E-state index < -0.39 is 0 Å². The molecule has 5 heteroatoms. The van der Waals surface area contributed by atoms with Crippen LogP contribution in [-0.4, -0.2) is 22.7 Å². The van der Waals surface area contributed by atoms with Gasteiger partial charge in [-0.15, -0.1) is 0 Å². The van der Waals surface area contributed by atoms with E-state index in [-0.39, 0.29) is 17.6 Å². The van der Waals surface area contributed by atoms with Crippen LogP contribution in [-0.2, 0) is 0 Å². The number of hydrogen-bond donors (Lipinski definition) is 1. The molecule has 3 heterocycles. The summed E-state index contributed by atoms with van der Waals surface area (Å²) in [5, 5.41) is 4.27. The van der Waals surface area contributed by atoms with E-state index in [0.29, 0.717) is 0 Å². The average Bonchev–Trinajstić information content (AvgIpc) is 3.15. The maximum atomic E-state index is 5.84. The Hall–Kier alpha value is -3.18. The fourth-order valence-electron chi connectivity index (χ4n) is 4.92. The Morgan fingerprint density at radius 3 is 2.47 bits per heavy atom. The SMILES string of the molecule is CC1=CC(C)(C)N(C)c2ccc(C3C(c4ccccn4)NC(=S)N3c3ccccc3)cc21. The van der Waals surface area contributed by atoms with Crippen molar-refractivity contribution in [3.63, 3.8) is 0 Å². The zero-order valence-corrected chi connectivity index (χ0v) is 19.7. The third kappa shape index (κ3) is 3.37. The predicted octanol–water partition coefficient (Wildman–Crippen LogP) is 5.89. The number of hydrogen-bond acceptors (Lipinski definition) is 3. The monoisotopic (exact) mass is 440 g/mol. The first-order valence-corrected chi connectivity index (χ1v) is 11.4. The van der Waals surface area contributed by atoms with Crippen LogP contribution in [0.25, 0.3) is 5.57 Å². The molecular formula is C27H28N4S. The van der Waals surface area contributed by atoms with Gasteiger partial charge in [-0.05, 0) is 80.5 Å². The van der Waals surface area contributed by atoms with Crippen molar-refractivity contribution in [3.05, 3.63) is 95.8 Å². The first-order chi connectivity index (χ1) is 15.4. The van der Waals surface area contributed by atoms with E-state index >= 15 is 0 Å². The van der Waals surface area contributed by atoms with Gasteiger partial charge in [-0.25, -0.2) is 0 Å². The number of allylic oxidation sites excluding steroid dienone is 1. The molecule has 3 aromatic rings. The topological polar surface area (TPSA) is 31.4 Å². The number of rotatable bonds is 3. The van der Waals surface area contributed by atoms with Crippen LogP contribution in [0.1, 0.15) is 49.7 Å². The number of para-hydroxylation sites is 1. The van der Waals surface area contributed by atoms with Gasteiger partial charge in [-0.3, -0.25) is 4.98 Å². The Kier molecular flexibility index (Phi) is 5.01. The highest BCUT2D eigenvalue weighted by Crippen LogP contribution is 2.44. The van der Waals surface area contributed by atoms with Crippen LogP contribution in [0.5, 0.6) is 0 Å². The zero-order chi connectivity index (χ0) is 22.5. The van der Waals surface area contributed by atoms with Crippen molar-refractivity contribution in [3.8, 4) is 0 Å². The minimum Gasteiger partial charge on any atom is -0.366 e. The molecule has 1 saturated heterocycles. The number of likely N-dealkylation sites (N-methyl/N-ethyl adjacent to an activating group) is 1. The van der Waals surface area contributed by atoms with Crippen molar-refractivity contribution in [2.75, 3.05) is 16.8 Å². The minimum atomic E-state index is -0.0380. The minimum absolute atomic E-state index is 0.00172. The molecule has 0 radical (unpaired) electrons. The Morgan fingerprint density at radius 1 is 1.00 bits per heavy atom. The van der Waals surface area contributed by atoms with Gasteiger partial charge in [0.05, 0.1) is 23.3 Å². The van der Waals surface area contributed by atoms with Crippen molar-refractivity contribution in [1.82, 2.24) is 10.3 Å². The third-order valence-electron chi connectivity index (χ3n) is 6.71. The van der Waals surface area contributed by atoms with Crippen molar-refractivity contribution < 1.29 is 0 Å². The molecule has 5 rings (SSSR count). The highest BCUT2D eigenvalue weighted by atomic mass is 32.1. The van der Waals surface area contributed by atoms with Crippen molar-refractivity contribution in [1.29, 1.82) is 0 Å². The quantitative estimate of drug-likeness (QED) is 0.513. The second kappa shape index (κ2) is 7.75. The van der Waals surface area contributed by atoms with Gasteiger partial charge in [0.15, 0.2) is 5.11 Å². The lowest BCUT2D eigenvalue weighted by atomic mass is 9.86. The molecule has 1 N–H and O–H groups in total. The van der Waals surface area contributed by atoms with Gasteiger partial charge in [-0.2, -0.15) is 0 Å². The number of fused-ring (bicyclic) bond motifs is 1. The van der Waals surface area contributed by atoms with Crippen LogP contribution >= 0.6 is 12.2 Å². The normalized spacial score (nSPS) is 21.8. The van der Waals surface area contributed by atoms with E-state index in [9.17, 15) is 0 Å². The van der Waals surface area contributed by atoms with E-state index in [1.165, 1.54) is 22.4 Å². The third-order valence-corrected chi connectivity index (χ3v) is 7.03. The number of nitrogens with one attached hydrogen (secondary N) is 1. The fourth-order valence-corrected chi connectivity index (χ4v) is 5.27. The lowest BCUT2D eigenvalue weighted by molar-refractivity contribution is 0.566. The Labute approximate surface area is 195 Å². The summed E-state index contributed by atoms with van der Waals surface area (Å²) in [4.78, 5) is 9.24. The summed E-state index contributed by atoms with van der Waals surface area (Å²) in [6.45, 7) is 6.71. The smallest absolute Gasteiger partial charge is 0.174 e. The summed E-state index contributed by atoms with van der Waals surface area (Å²) in [5.74, 6) is 0. The number of benzene rings is 2. The standard InChI is InChI=1S/C27H28N4S/c1-18-17-27(2,3)30(4)23-14-13-19(16-21(18)23)25-24(22-12-8-9-15-28-22)29-26(32)31(25)20-10-6-5-7-11-20/h5-17,24-25H,1-4H3,(H,29,32). The maximum Gasteiger partial charge on any atom is 0.174 e. The molecule has 2 aliphatic rings. The largest absolute Gasteiger partial charge is 0.366 e. The molecule has 162 valence electrons. The molecule has 0 bridgehead atoms. The molecule has 2 aromatic carbocycles. The van der Waals surface area contributed by atoms with Gasteiger partial charge in [0.2, 0.25) is 0 Å². The van der Waals surface area contributed by atoms with E-state index in [1.807, 2.05) is 24.4 Å². The molecule has 0 spiro atoms. The molecule has 2 aliphatic heterocycles. The van der Waals surface area contributed by atoms with Crippen molar-refractivity contribution >= 4 is 34.3 Å². The van der Waals surface area contributed by atoms with Gasteiger partial charge in [0.25, 0.3) is 0 Å². The van der Waals surface area contributed by atoms with Crippen LogP contribution in [0.15, 0.2) is 79.0 Å². The summed E-state index contributed by atoms with van der Waals surface area (Å²) in [6, 6.07) is 23.2. The molecule has 0 amide bonds. The van der Waals surface area contributed by atoms with Crippen molar-refractivity contribution in [2.24, 2.45) is 0 Å². The molecule has 32 heavy (non-hydrogen) atoms. The Bertz CT molecular complexity index is 1190. The lowest BCUT2D eigenvalue weighted by Gasteiger charge is -2.41. The molecule has 0 saturated carbocycles. The second-order valence-electron chi connectivity index (χ2n) is 9.15. The molecule has 2 atom stereocenters. The molecule has 0 aliphatic carbocycles. The average molecular weight is 441 g/mol. The Balaban J connectivity index is 1.66. The van der Waals surface area contributed by atoms with Crippen LogP contribution in [0.4, 0.5) is 11.4 Å². The van der Waals surface area contributed by atoms with Gasteiger partial charge in [-0.1, -0.05) is 36.4 Å². The summed E-state index contributed by atoms with van der Waals surface area (Å²) >= 11 is 5.84. The van der Waals surface area contributed by atoms with E-state index in [1.54, 1.807) is 0 Å². The predicted molar refractivity (Wildman–Crippen MR) is 137 cm³/mol. The number of anilines is 2. The first-order valence-electron chi connectivity index (χ1n) is 11.0.